The molecule has 0 aliphatic carbocycles. The fraction of sp³-hybridized carbons (Fsp3) is 0.0769. The number of hydrogen-bond acceptors (Lipinski definition) is 1. The molecule has 0 aromatic heterocycles. The molecule has 1 atom stereocenters. The summed E-state index contributed by atoms with van der Waals surface area (Å²) in [7, 11) is 0. The first-order valence-corrected chi connectivity index (χ1v) is 11.2. The van der Waals surface area contributed by atoms with Crippen molar-refractivity contribution in [2.45, 2.75) is 10.4 Å². The first-order chi connectivity index (χ1) is 13.8. The van der Waals surface area contributed by atoms with Gasteiger partial charge in [-0.15, -0.1) is 0 Å². The van der Waals surface area contributed by atoms with E-state index in [2.05, 4.69) is 48.5 Å². The monoisotopic (exact) mass is 430 g/mol. The van der Waals surface area contributed by atoms with Crippen molar-refractivity contribution in [3.05, 3.63) is 138 Å². The van der Waals surface area contributed by atoms with Crippen LogP contribution in [0, 0.1) is 0 Å². The quantitative estimate of drug-likeness (QED) is 0.441. The van der Waals surface area contributed by atoms with Crippen molar-refractivity contribution in [1.82, 2.24) is 0 Å². The van der Waals surface area contributed by atoms with Crippen molar-refractivity contribution in [3.63, 3.8) is 0 Å². The molecule has 1 nitrogen and oxygen atoms in total. The van der Waals surface area contributed by atoms with Gasteiger partial charge in [-0.05, 0) is 0 Å². The molecule has 0 amide bonds. The molecule has 28 heavy (non-hydrogen) atoms. The predicted molar refractivity (Wildman–Crippen MR) is 117 cm³/mol. The van der Waals surface area contributed by atoms with Crippen LogP contribution in [0.5, 0.6) is 0 Å². The van der Waals surface area contributed by atoms with Gasteiger partial charge >= 0.3 is 173 Å². The Morgan fingerprint density at radius 2 is 0.929 bits per heavy atom. The molecule has 2 heteroatoms. The van der Waals surface area contributed by atoms with Crippen LogP contribution in [0.15, 0.2) is 121 Å². The molecule has 138 valence electrons. The van der Waals surface area contributed by atoms with Crippen LogP contribution in [0.25, 0.3) is 0 Å². The van der Waals surface area contributed by atoms with E-state index in [9.17, 15) is 5.11 Å². The maximum atomic E-state index is 12.3. The molecule has 0 heterocycles. The van der Waals surface area contributed by atoms with Crippen molar-refractivity contribution >= 4 is 19.4 Å². The van der Waals surface area contributed by atoms with Gasteiger partial charge in [-0.25, -0.2) is 0 Å². The van der Waals surface area contributed by atoms with Crippen LogP contribution in [0.1, 0.15) is 21.5 Å². The van der Waals surface area contributed by atoms with Crippen molar-refractivity contribution in [1.29, 1.82) is 0 Å². The van der Waals surface area contributed by atoms with E-state index >= 15 is 0 Å². The molecule has 0 saturated heterocycles. The van der Waals surface area contributed by atoms with Gasteiger partial charge in [0.15, 0.2) is 0 Å². The Kier molecular flexibility index (Phi) is 5.73. The van der Waals surface area contributed by atoms with Gasteiger partial charge in [0, 0.05) is 0 Å². The Labute approximate surface area is 172 Å². The van der Waals surface area contributed by atoms with Gasteiger partial charge in [0.05, 0.1) is 0 Å². The van der Waals surface area contributed by atoms with E-state index in [1.807, 2.05) is 72.8 Å². The van der Waals surface area contributed by atoms with Gasteiger partial charge in [0.2, 0.25) is 0 Å². The molecule has 0 radical (unpaired) electrons. The van der Waals surface area contributed by atoms with E-state index in [4.69, 9.17) is 0 Å². The van der Waals surface area contributed by atoms with Gasteiger partial charge in [0.25, 0.3) is 0 Å². The molecule has 0 fully saturated rings. The molecule has 0 bridgehead atoms. The topological polar surface area (TPSA) is 20.2 Å². The van der Waals surface area contributed by atoms with Crippen molar-refractivity contribution < 1.29 is 5.11 Å². The Hall–Kier alpha value is -2.64. The Balaban J connectivity index is 1.91. The van der Waals surface area contributed by atoms with Crippen molar-refractivity contribution in [3.8, 4) is 0 Å². The molecule has 4 aromatic rings. The van der Waals surface area contributed by atoms with Crippen LogP contribution >= 0.6 is 0 Å². The first-order valence-electron chi connectivity index (χ1n) is 9.38. The summed E-state index contributed by atoms with van der Waals surface area (Å²) in [5.41, 5.74) is 1.89. The minimum absolute atomic E-state index is 0.0308. The zero-order valence-corrected chi connectivity index (χ0v) is 17.2. The molecule has 0 aliphatic heterocycles. The van der Waals surface area contributed by atoms with Crippen LogP contribution in [0.4, 0.5) is 0 Å². The maximum absolute atomic E-state index is 12.3. The zero-order chi connectivity index (χ0) is 19.2. The molecular formula is C26H22OSe. The third-order valence-corrected chi connectivity index (χ3v) is 7.83. The van der Waals surface area contributed by atoms with Crippen LogP contribution in [0.3, 0.4) is 0 Å². The normalized spacial score (nSPS) is 12.5. The molecule has 0 unspecified atom stereocenters. The summed E-state index contributed by atoms with van der Waals surface area (Å²) in [6.45, 7) is 0. The molecule has 0 saturated carbocycles. The van der Waals surface area contributed by atoms with Gasteiger partial charge in [-0.2, -0.15) is 0 Å². The predicted octanol–water partition coefficient (Wildman–Crippen LogP) is 4.69. The summed E-state index contributed by atoms with van der Waals surface area (Å²) >= 11 is 0.0308. The van der Waals surface area contributed by atoms with Crippen LogP contribution < -0.4 is 4.46 Å². The minimum atomic E-state index is -1.11. The third kappa shape index (κ3) is 3.81. The van der Waals surface area contributed by atoms with E-state index in [0.29, 0.717) is 0 Å². The summed E-state index contributed by atoms with van der Waals surface area (Å²) in [5, 5.41) is 12.3. The van der Waals surface area contributed by atoms with Gasteiger partial charge in [-0.1, -0.05) is 0 Å². The number of rotatable bonds is 6. The average Bonchev–Trinajstić information content (AvgIpc) is 2.79. The molecular weight excluding hydrogens is 407 g/mol. The number of aliphatic hydroxyl groups is 1. The SMILES string of the molecule is OC(c1ccccc1)(c1ccccc1)[C@@H]([Se]c1ccccc1)c1ccccc1. The van der Waals surface area contributed by atoms with Crippen LogP contribution in [-0.4, -0.2) is 20.1 Å². The van der Waals surface area contributed by atoms with E-state index in [1.54, 1.807) is 0 Å². The third-order valence-electron chi connectivity index (χ3n) is 4.91. The molecule has 0 spiro atoms. The van der Waals surface area contributed by atoms with Crippen LogP contribution in [-0.2, 0) is 5.60 Å². The first kappa shape index (κ1) is 18.7. The Morgan fingerprint density at radius 3 is 1.39 bits per heavy atom. The van der Waals surface area contributed by atoms with E-state index in [0.717, 1.165) is 16.7 Å². The summed E-state index contributed by atoms with van der Waals surface area (Å²) in [4.78, 5) is -0.0617. The van der Waals surface area contributed by atoms with E-state index in [-0.39, 0.29) is 19.8 Å². The molecule has 1 N–H and O–H groups in total. The van der Waals surface area contributed by atoms with E-state index in [1.165, 1.54) is 4.46 Å². The van der Waals surface area contributed by atoms with Gasteiger partial charge < -0.3 is 0 Å². The summed E-state index contributed by atoms with van der Waals surface area (Å²) in [6.07, 6.45) is 0. The number of hydrogen-bond donors (Lipinski definition) is 1. The molecule has 0 aliphatic rings. The molecule has 4 rings (SSSR count). The second-order valence-electron chi connectivity index (χ2n) is 6.72. The van der Waals surface area contributed by atoms with E-state index < -0.39 is 5.60 Å². The zero-order valence-electron chi connectivity index (χ0n) is 15.5. The van der Waals surface area contributed by atoms with Crippen molar-refractivity contribution in [2.75, 3.05) is 0 Å². The molecule has 4 aromatic carbocycles. The Bertz CT molecular complexity index is 946. The summed E-state index contributed by atoms with van der Waals surface area (Å²) < 4.78 is 1.27. The fourth-order valence-corrected chi connectivity index (χ4v) is 6.29. The Morgan fingerprint density at radius 1 is 0.536 bits per heavy atom. The average molecular weight is 429 g/mol. The number of benzene rings is 4. The standard InChI is InChI=1S/C26H22OSe/c27-26(22-15-7-2-8-16-22,23-17-9-3-10-18-23)25(21-13-5-1-6-14-21)28-24-19-11-4-12-20-24/h1-20,25,27H/t25-/m0/s1. The summed E-state index contributed by atoms with van der Waals surface area (Å²) in [6, 6.07) is 41.0. The fourth-order valence-electron chi connectivity index (χ4n) is 3.51. The second-order valence-corrected chi connectivity index (χ2v) is 9.19. The van der Waals surface area contributed by atoms with Crippen LogP contribution in [0.2, 0.25) is 0 Å². The van der Waals surface area contributed by atoms with Gasteiger partial charge in [-0.3, -0.25) is 0 Å². The summed E-state index contributed by atoms with van der Waals surface area (Å²) in [5.74, 6) is 0. The van der Waals surface area contributed by atoms with Gasteiger partial charge in [0.1, 0.15) is 0 Å². The second kappa shape index (κ2) is 8.58. The van der Waals surface area contributed by atoms with Crippen molar-refractivity contribution in [2.24, 2.45) is 0 Å².